The Bertz CT molecular complexity index is 1040. The van der Waals surface area contributed by atoms with E-state index in [4.69, 9.17) is 19.2 Å². The van der Waals surface area contributed by atoms with Gasteiger partial charge in [0, 0.05) is 13.3 Å². The first kappa shape index (κ1) is 29.5. The monoisotopic (exact) mass is 502 g/mol. The SMILES string of the molecule is CCCCCC(=O)OCc1ccc(C(C)(C)OO)c(-c2cc(C(C)(C)OO)ccc2COC(C)=O)c1. The minimum Gasteiger partial charge on any atom is -0.461 e. The third-order valence-electron chi connectivity index (χ3n) is 6.10. The van der Waals surface area contributed by atoms with Gasteiger partial charge in [0.15, 0.2) is 0 Å². The lowest BCUT2D eigenvalue weighted by Gasteiger charge is -2.27. The van der Waals surface area contributed by atoms with Crippen molar-refractivity contribution < 1.29 is 39.4 Å². The molecule has 36 heavy (non-hydrogen) atoms. The second-order valence-electron chi connectivity index (χ2n) is 9.85. The number of esters is 2. The van der Waals surface area contributed by atoms with Crippen LogP contribution in [0.5, 0.6) is 0 Å². The summed E-state index contributed by atoms with van der Waals surface area (Å²) in [5.41, 5.74) is 2.06. The standard InChI is InChI=1S/C28H38O8/c1-7-8-9-10-26(30)34-17-20-11-14-25(28(5,6)36-32)24(15-20)23-16-22(27(3,4)35-31)13-12-21(23)18-33-19(2)29/h11-16,31-32H,7-10,17-18H2,1-6H3. The minimum absolute atomic E-state index is 0.0157. The van der Waals surface area contributed by atoms with Crippen molar-refractivity contribution in [2.45, 2.75) is 91.6 Å². The van der Waals surface area contributed by atoms with Gasteiger partial charge in [-0.05, 0) is 79.6 Å². The van der Waals surface area contributed by atoms with Gasteiger partial charge in [-0.25, -0.2) is 9.78 Å². The molecule has 2 aromatic rings. The van der Waals surface area contributed by atoms with E-state index in [1.807, 2.05) is 24.3 Å². The highest BCUT2D eigenvalue weighted by atomic mass is 17.1. The Labute approximate surface area is 213 Å². The summed E-state index contributed by atoms with van der Waals surface area (Å²) in [6.45, 7) is 10.4. The molecular formula is C28H38O8. The van der Waals surface area contributed by atoms with E-state index < -0.39 is 17.2 Å². The van der Waals surface area contributed by atoms with Crippen LogP contribution in [0.4, 0.5) is 0 Å². The summed E-state index contributed by atoms with van der Waals surface area (Å²) >= 11 is 0. The minimum atomic E-state index is -1.08. The van der Waals surface area contributed by atoms with Crippen LogP contribution in [0.25, 0.3) is 11.1 Å². The van der Waals surface area contributed by atoms with Gasteiger partial charge in [0.05, 0.1) is 0 Å². The summed E-state index contributed by atoms with van der Waals surface area (Å²) in [5, 5.41) is 19.1. The van der Waals surface area contributed by atoms with Crippen LogP contribution in [-0.4, -0.2) is 22.5 Å². The summed E-state index contributed by atoms with van der Waals surface area (Å²) in [6.07, 6.45) is 3.15. The number of unbranched alkanes of at least 4 members (excludes halogenated alkanes) is 2. The van der Waals surface area contributed by atoms with Gasteiger partial charge in [0.25, 0.3) is 0 Å². The molecule has 2 aromatic carbocycles. The molecule has 2 N–H and O–H groups in total. The van der Waals surface area contributed by atoms with E-state index in [-0.39, 0.29) is 19.2 Å². The van der Waals surface area contributed by atoms with E-state index in [0.717, 1.165) is 24.8 Å². The molecule has 0 bridgehead atoms. The molecule has 0 saturated carbocycles. The zero-order chi connectivity index (χ0) is 26.9. The fourth-order valence-corrected chi connectivity index (χ4v) is 3.79. The van der Waals surface area contributed by atoms with Crippen LogP contribution >= 0.6 is 0 Å². The Kier molecular flexibility index (Phi) is 10.6. The van der Waals surface area contributed by atoms with E-state index in [0.29, 0.717) is 34.2 Å². The number of ether oxygens (including phenoxy) is 2. The van der Waals surface area contributed by atoms with Crippen molar-refractivity contribution in [1.29, 1.82) is 0 Å². The molecule has 0 aliphatic carbocycles. The Hall–Kier alpha value is -2.78. The Morgan fingerprint density at radius 1 is 0.833 bits per heavy atom. The van der Waals surface area contributed by atoms with Crippen molar-refractivity contribution in [2.24, 2.45) is 0 Å². The molecule has 0 fully saturated rings. The van der Waals surface area contributed by atoms with Crippen LogP contribution in [-0.2, 0) is 53.3 Å². The lowest BCUT2D eigenvalue weighted by molar-refractivity contribution is -0.318. The van der Waals surface area contributed by atoms with Gasteiger partial charge >= 0.3 is 11.9 Å². The van der Waals surface area contributed by atoms with Gasteiger partial charge in [-0.15, -0.1) is 0 Å². The highest BCUT2D eigenvalue weighted by Crippen LogP contribution is 2.38. The number of hydrogen-bond donors (Lipinski definition) is 2. The lowest BCUT2D eigenvalue weighted by atomic mass is 9.84. The van der Waals surface area contributed by atoms with Crippen molar-refractivity contribution in [3.8, 4) is 11.1 Å². The molecule has 0 spiro atoms. The Morgan fingerprint density at radius 3 is 2.14 bits per heavy atom. The highest BCUT2D eigenvalue weighted by molar-refractivity contribution is 5.74. The van der Waals surface area contributed by atoms with Gasteiger partial charge in [0.2, 0.25) is 0 Å². The average Bonchev–Trinajstić information content (AvgIpc) is 2.86. The number of carbonyl (C=O) groups is 2. The molecule has 0 radical (unpaired) electrons. The third-order valence-corrected chi connectivity index (χ3v) is 6.10. The predicted molar refractivity (Wildman–Crippen MR) is 135 cm³/mol. The molecule has 8 nitrogen and oxygen atoms in total. The Balaban J connectivity index is 2.59. The van der Waals surface area contributed by atoms with Gasteiger partial charge in [-0.3, -0.25) is 20.1 Å². The molecular weight excluding hydrogens is 464 g/mol. The maximum Gasteiger partial charge on any atom is 0.306 e. The van der Waals surface area contributed by atoms with Gasteiger partial charge in [0.1, 0.15) is 24.4 Å². The fraction of sp³-hybridized carbons (Fsp3) is 0.500. The van der Waals surface area contributed by atoms with Gasteiger partial charge in [-0.2, -0.15) is 0 Å². The lowest BCUT2D eigenvalue weighted by Crippen LogP contribution is -2.22. The van der Waals surface area contributed by atoms with Crippen LogP contribution in [0, 0.1) is 0 Å². The van der Waals surface area contributed by atoms with Crippen LogP contribution in [0.3, 0.4) is 0 Å². The molecule has 0 saturated heterocycles. The highest BCUT2D eigenvalue weighted by Gasteiger charge is 2.29. The van der Waals surface area contributed by atoms with Crippen LogP contribution in [0.1, 0.15) is 89.5 Å². The van der Waals surface area contributed by atoms with Crippen molar-refractivity contribution in [3.05, 3.63) is 58.7 Å². The number of hydrogen-bond acceptors (Lipinski definition) is 8. The van der Waals surface area contributed by atoms with E-state index in [2.05, 4.69) is 6.92 Å². The van der Waals surface area contributed by atoms with Crippen LogP contribution < -0.4 is 0 Å². The molecule has 198 valence electrons. The first-order valence-electron chi connectivity index (χ1n) is 12.2. The molecule has 0 aliphatic heterocycles. The van der Waals surface area contributed by atoms with E-state index in [1.54, 1.807) is 39.8 Å². The van der Waals surface area contributed by atoms with E-state index in [9.17, 15) is 20.1 Å². The van der Waals surface area contributed by atoms with Crippen molar-refractivity contribution in [3.63, 3.8) is 0 Å². The maximum absolute atomic E-state index is 12.1. The van der Waals surface area contributed by atoms with E-state index in [1.165, 1.54) is 6.92 Å². The predicted octanol–water partition coefficient (Wildman–Crippen LogP) is 6.49. The molecule has 0 heterocycles. The summed E-state index contributed by atoms with van der Waals surface area (Å²) < 4.78 is 10.8. The fourth-order valence-electron chi connectivity index (χ4n) is 3.79. The molecule has 0 unspecified atom stereocenters. The van der Waals surface area contributed by atoms with Gasteiger partial charge in [-0.1, -0.05) is 44.0 Å². The second-order valence-corrected chi connectivity index (χ2v) is 9.85. The maximum atomic E-state index is 12.1. The molecule has 0 aliphatic rings. The number of benzene rings is 2. The zero-order valence-electron chi connectivity index (χ0n) is 22.1. The van der Waals surface area contributed by atoms with Crippen molar-refractivity contribution in [1.82, 2.24) is 0 Å². The number of rotatable bonds is 13. The number of carbonyl (C=O) groups excluding carboxylic acids is 2. The molecule has 2 rings (SSSR count). The summed E-state index contributed by atoms with van der Waals surface area (Å²) in [4.78, 5) is 33.2. The van der Waals surface area contributed by atoms with Crippen LogP contribution in [0.2, 0.25) is 0 Å². The summed E-state index contributed by atoms with van der Waals surface area (Å²) in [6, 6.07) is 10.9. The molecule has 0 amide bonds. The van der Waals surface area contributed by atoms with Gasteiger partial charge < -0.3 is 9.47 Å². The largest absolute Gasteiger partial charge is 0.461 e. The topological polar surface area (TPSA) is 112 Å². The summed E-state index contributed by atoms with van der Waals surface area (Å²) in [7, 11) is 0. The average molecular weight is 503 g/mol. The first-order chi connectivity index (χ1) is 16.9. The second kappa shape index (κ2) is 13.0. The third kappa shape index (κ3) is 7.86. The summed E-state index contributed by atoms with van der Waals surface area (Å²) in [5.74, 6) is -0.681. The quantitative estimate of drug-likeness (QED) is 0.138. The molecule has 8 heteroatoms. The normalized spacial score (nSPS) is 11.9. The van der Waals surface area contributed by atoms with Crippen molar-refractivity contribution >= 4 is 11.9 Å². The smallest absolute Gasteiger partial charge is 0.306 e. The van der Waals surface area contributed by atoms with E-state index >= 15 is 0 Å². The molecule has 0 aromatic heterocycles. The van der Waals surface area contributed by atoms with Crippen molar-refractivity contribution in [2.75, 3.05) is 0 Å². The molecule has 0 atom stereocenters. The van der Waals surface area contributed by atoms with Crippen LogP contribution in [0.15, 0.2) is 36.4 Å². The Morgan fingerprint density at radius 2 is 1.53 bits per heavy atom. The first-order valence-corrected chi connectivity index (χ1v) is 12.2. The zero-order valence-corrected chi connectivity index (χ0v) is 22.1.